The molecule has 0 atom stereocenters. The number of hydrogen-bond donors (Lipinski definition) is 2. The summed E-state index contributed by atoms with van der Waals surface area (Å²) in [5.41, 5.74) is 0. The molecule has 0 saturated carbocycles. The predicted octanol–water partition coefficient (Wildman–Crippen LogP) is 5.13. The quantitative estimate of drug-likeness (QED) is 0.301. The molecule has 5 heteroatoms. The van der Waals surface area contributed by atoms with E-state index in [1.165, 1.54) is 38.5 Å². The summed E-state index contributed by atoms with van der Waals surface area (Å²) in [4.78, 5) is 21.8. The van der Waals surface area contributed by atoms with Gasteiger partial charge in [0, 0.05) is 13.0 Å². The average molecular weight is 344 g/mol. The summed E-state index contributed by atoms with van der Waals surface area (Å²) < 4.78 is 5.22. The number of hydrogen-bond acceptors (Lipinski definition) is 3. The van der Waals surface area contributed by atoms with E-state index in [2.05, 4.69) is 19.2 Å². The SMILES string of the molecule is CCC(CC)CCCCCCCOC(=O)CCCCCNC(=O)O. The monoisotopic (exact) mass is 343 g/mol. The van der Waals surface area contributed by atoms with Gasteiger partial charge in [0.05, 0.1) is 6.61 Å². The van der Waals surface area contributed by atoms with E-state index in [-0.39, 0.29) is 5.97 Å². The molecule has 0 saturated heterocycles. The fourth-order valence-electron chi connectivity index (χ4n) is 2.79. The first-order valence-electron chi connectivity index (χ1n) is 9.72. The highest BCUT2D eigenvalue weighted by molar-refractivity contribution is 5.69. The lowest BCUT2D eigenvalue weighted by Gasteiger charge is -2.11. The van der Waals surface area contributed by atoms with E-state index in [1.54, 1.807) is 0 Å². The first-order chi connectivity index (χ1) is 11.6. The van der Waals surface area contributed by atoms with Crippen molar-refractivity contribution in [2.24, 2.45) is 5.92 Å². The molecule has 0 bridgehead atoms. The zero-order valence-corrected chi connectivity index (χ0v) is 15.6. The largest absolute Gasteiger partial charge is 0.466 e. The lowest BCUT2D eigenvalue weighted by molar-refractivity contribution is -0.143. The zero-order valence-electron chi connectivity index (χ0n) is 15.6. The Bertz CT molecular complexity index is 316. The molecule has 0 rings (SSSR count). The van der Waals surface area contributed by atoms with E-state index in [9.17, 15) is 9.59 Å². The van der Waals surface area contributed by atoms with Crippen LogP contribution in [0.2, 0.25) is 0 Å². The van der Waals surface area contributed by atoms with Gasteiger partial charge in [-0.05, 0) is 25.2 Å². The fourth-order valence-corrected chi connectivity index (χ4v) is 2.79. The maximum Gasteiger partial charge on any atom is 0.404 e. The van der Waals surface area contributed by atoms with Crippen molar-refractivity contribution in [1.29, 1.82) is 0 Å². The number of rotatable bonds is 16. The first kappa shape index (κ1) is 22.7. The molecule has 0 radical (unpaired) electrons. The summed E-state index contributed by atoms with van der Waals surface area (Å²) in [5, 5.41) is 10.7. The van der Waals surface area contributed by atoms with Crippen molar-refractivity contribution in [2.45, 2.75) is 90.9 Å². The number of carboxylic acid groups (broad SMARTS) is 1. The van der Waals surface area contributed by atoms with Crippen LogP contribution in [0.15, 0.2) is 0 Å². The van der Waals surface area contributed by atoms with E-state index in [0.29, 0.717) is 19.6 Å². The Kier molecular flexibility index (Phi) is 15.7. The van der Waals surface area contributed by atoms with E-state index in [0.717, 1.165) is 38.0 Å². The molecule has 142 valence electrons. The van der Waals surface area contributed by atoms with Crippen LogP contribution in [-0.2, 0) is 9.53 Å². The molecule has 0 spiro atoms. The van der Waals surface area contributed by atoms with Gasteiger partial charge in [-0.25, -0.2) is 4.79 Å². The van der Waals surface area contributed by atoms with E-state index >= 15 is 0 Å². The van der Waals surface area contributed by atoms with Crippen molar-refractivity contribution >= 4 is 12.1 Å². The number of amides is 1. The first-order valence-corrected chi connectivity index (χ1v) is 9.72. The number of carbonyl (C=O) groups is 2. The number of esters is 1. The smallest absolute Gasteiger partial charge is 0.404 e. The lowest BCUT2D eigenvalue weighted by atomic mass is 9.96. The number of ether oxygens (including phenoxy) is 1. The second-order valence-electron chi connectivity index (χ2n) is 6.50. The summed E-state index contributed by atoms with van der Waals surface area (Å²) in [6.07, 6.45) is 11.7. The van der Waals surface area contributed by atoms with Crippen molar-refractivity contribution in [3.63, 3.8) is 0 Å². The molecular formula is C19H37NO4. The van der Waals surface area contributed by atoms with Gasteiger partial charge in [0.2, 0.25) is 0 Å². The highest BCUT2D eigenvalue weighted by atomic mass is 16.5. The molecule has 0 aromatic heterocycles. The van der Waals surface area contributed by atoms with Gasteiger partial charge >= 0.3 is 12.1 Å². The molecule has 0 aliphatic rings. The highest BCUT2D eigenvalue weighted by Crippen LogP contribution is 2.17. The second kappa shape index (κ2) is 16.6. The predicted molar refractivity (Wildman–Crippen MR) is 97.2 cm³/mol. The molecule has 24 heavy (non-hydrogen) atoms. The highest BCUT2D eigenvalue weighted by Gasteiger charge is 2.04. The molecule has 0 aliphatic carbocycles. The Labute approximate surface area is 147 Å². The summed E-state index contributed by atoms with van der Waals surface area (Å²) >= 11 is 0. The van der Waals surface area contributed by atoms with Gasteiger partial charge < -0.3 is 15.2 Å². The van der Waals surface area contributed by atoms with Gasteiger partial charge in [-0.2, -0.15) is 0 Å². The van der Waals surface area contributed by atoms with E-state index < -0.39 is 6.09 Å². The molecule has 0 aromatic rings. The maximum absolute atomic E-state index is 11.5. The van der Waals surface area contributed by atoms with Gasteiger partial charge in [-0.1, -0.05) is 65.2 Å². The number of carbonyl (C=O) groups excluding carboxylic acids is 1. The van der Waals surface area contributed by atoms with Crippen LogP contribution in [0.25, 0.3) is 0 Å². The average Bonchev–Trinajstić information content (AvgIpc) is 2.56. The van der Waals surface area contributed by atoms with Crippen molar-refractivity contribution in [1.82, 2.24) is 5.32 Å². The minimum Gasteiger partial charge on any atom is -0.466 e. The Balaban J connectivity index is 3.27. The van der Waals surface area contributed by atoms with Crippen LogP contribution in [0.4, 0.5) is 4.79 Å². The maximum atomic E-state index is 11.5. The van der Waals surface area contributed by atoms with Crippen LogP contribution in [0.3, 0.4) is 0 Å². The van der Waals surface area contributed by atoms with E-state index in [1.807, 2.05) is 0 Å². The summed E-state index contributed by atoms with van der Waals surface area (Å²) in [6.45, 7) is 5.53. The van der Waals surface area contributed by atoms with Crippen LogP contribution in [-0.4, -0.2) is 30.3 Å². The molecule has 0 heterocycles. The topological polar surface area (TPSA) is 75.6 Å². The van der Waals surface area contributed by atoms with Gasteiger partial charge in [-0.3, -0.25) is 4.79 Å². The van der Waals surface area contributed by atoms with Crippen LogP contribution in [0.5, 0.6) is 0 Å². The van der Waals surface area contributed by atoms with E-state index in [4.69, 9.17) is 9.84 Å². The zero-order chi connectivity index (χ0) is 18.0. The third-order valence-electron chi connectivity index (χ3n) is 4.51. The third kappa shape index (κ3) is 15.6. The molecule has 1 amide bonds. The molecule has 2 N–H and O–H groups in total. The summed E-state index contributed by atoms with van der Waals surface area (Å²) in [5.74, 6) is 0.765. The van der Waals surface area contributed by atoms with Crippen molar-refractivity contribution in [3.05, 3.63) is 0 Å². The minimum absolute atomic E-state index is 0.130. The van der Waals surface area contributed by atoms with Gasteiger partial charge in [-0.15, -0.1) is 0 Å². The second-order valence-corrected chi connectivity index (χ2v) is 6.50. The van der Waals surface area contributed by atoms with Crippen LogP contribution in [0.1, 0.15) is 90.9 Å². The third-order valence-corrected chi connectivity index (χ3v) is 4.51. The van der Waals surface area contributed by atoms with Gasteiger partial charge in [0.15, 0.2) is 0 Å². The van der Waals surface area contributed by atoms with Crippen molar-refractivity contribution in [2.75, 3.05) is 13.2 Å². The van der Waals surface area contributed by atoms with Gasteiger partial charge in [0.1, 0.15) is 0 Å². The minimum atomic E-state index is -0.995. The molecule has 0 aromatic carbocycles. The Morgan fingerprint density at radius 1 is 0.917 bits per heavy atom. The molecule has 0 fully saturated rings. The van der Waals surface area contributed by atoms with Crippen molar-refractivity contribution in [3.8, 4) is 0 Å². The van der Waals surface area contributed by atoms with Gasteiger partial charge in [0.25, 0.3) is 0 Å². The summed E-state index contributed by atoms with van der Waals surface area (Å²) in [7, 11) is 0. The fraction of sp³-hybridized carbons (Fsp3) is 0.895. The standard InChI is InChI=1S/C19H37NO4/c1-3-17(4-2)13-9-6-5-7-12-16-24-18(21)14-10-8-11-15-20-19(22)23/h17,20H,3-16H2,1-2H3,(H,22,23). The Morgan fingerprint density at radius 3 is 2.21 bits per heavy atom. The summed E-state index contributed by atoms with van der Waals surface area (Å²) in [6, 6.07) is 0. The van der Waals surface area contributed by atoms with Crippen LogP contribution in [0, 0.1) is 5.92 Å². The normalized spacial score (nSPS) is 10.8. The molecule has 5 nitrogen and oxygen atoms in total. The molecular weight excluding hydrogens is 306 g/mol. The van der Waals surface area contributed by atoms with Crippen LogP contribution < -0.4 is 5.32 Å². The molecule has 0 aliphatic heterocycles. The number of unbranched alkanes of at least 4 members (excludes halogenated alkanes) is 6. The Morgan fingerprint density at radius 2 is 1.54 bits per heavy atom. The van der Waals surface area contributed by atoms with Crippen molar-refractivity contribution < 1.29 is 19.4 Å². The lowest BCUT2D eigenvalue weighted by Crippen LogP contribution is -2.21. The Hall–Kier alpha value is -1.26. The number of nitrogens with one attached hydrogen (secondary N) is 1. The molecule has 0 unspecified atom stereocenters. The van der Waals surface area contributed by atoms with Crippen LogP contribution >= 0.6 is 0 Å².